The number of nitrogens with zero attached hydrogens (tertiary/aromatic N) is 2. The van der Waals surface area contributed by atoms with Gasteiger partial charge in [0.15, 0.2) is 0 Å². The summed E-state index contributed by atoms with van der Waals surface area (Å²) in [7, 11) is -4.82. The Balaban J connectivity index is 2.24. The molecule has 3 aromatic rings. The third-order valence-electron chi connectivity index (χ3n) is 4.21. The molecule has 0 N–H and O–H groups in total. The molecular formula is C17H12F6N2O5S2. The van der Waals surface area contributed by atoms with E-state index in [0.717, 1.165) is 6.07 Å². The summed E-state index contributed by atoms with van der Waals surface area (Å²) in [5.41, 5.74) is -10.4. The van der Waals surface area contributed by atoms with E-state index in [9.17, 15) is 39.0 Å². The lowest BCUT2D eigenvalue weighted by Crippen LogP contribution is -2.31. The van der Waals surface area contributed by atoms with Gasteiger partial charge in [-0.2, -0.15) is 38.7 Å². The average molecular weight is 502 g/mol. The molecule has 0 fully saturated rings. The highest BCUT2D eigenvalue weighted by Crippen LogP contribution is 2.38. The van der Waals surface area contributed by atoms with E-state index >= 15 is 0 Å². The number of hydrogen-bond donors (Lipinski definition) is 0. The van der Waals surface area contributed by atoms with Crippen molar-refractivity contribution in [2.24, 2.45) is 0 Å². The highest BCUT2D eigenvalue weighted by atomic mass is 32.2. The van der Waals surface area contributed by atoms with Gasteiger partial charge in [0.25, 0.3) is 0 Å². The Morgan fingerprint density at radius 1 is 1.06 bits per heavy atom. The van der Waals surface area contributed by atoms with Gasteiger partial charge in [0.2, 0.25) is 11.8 Å². The molecule has 0 aliphatic heterocycles. The van der Waals surface area contributed by atoms with Crippen LogP contribution in [0.4, 0.5) is 26.3 Å². The van der Waals surface area contributed by atoms with Crippen molar-refractivity contribution in [3.8, 4) is 22.9 Å². The average Bonchev–Trinajstić information content (AvgIpc) is 3.03. The lowest BCUT2D eigenvalue weighted by atomic mass is 10.0. The number of rotatable bonds is 5. The molecule has 32 heavy (non-hydrogen) atoms. The van der Waals surface area contributed by atoms with E-state index in [1.54, 1.807) is 13.0 Å². The number of fused-ring (bicyclic) bond motifs is 1. The molecule has 0 saturated carbocycles. The van der Waals surface area contributed by atoms with Crippen molar-refractivity contribution in [1.29, 1.82) is 0 Å². The number of aromatic nitrogens is 2. The first-order valence-electron chi connectivity index (χ1n) is 8.32. The summed E-state index contributed by atoms with van der Waals surface area (Å²) in [6, 6.07) is 5.64. The van der Waals surface area contributed by atoms with Crippen LogP contribution >= 0.6 is 0 Å². The van der Waals surface area contributed by atoms with Crippen LogP contribution in [0.15, 0.2) is 36.5 Å². The molecule has 15 heteroatoms. The van der Waals surface area contributed by atoms with E-state index in [1.165, 1.54) is 25.4 Å². The number of halogens is 6. The first kappa shape index (κ1) is 23.8. The highest BCUT2D eigenvalue weighted by molar-refractivity contribution is 7.91. The number of pyridine rings is 1. The monoisotopic (exact) mass is 502 g/mol. The molecular weight excluding hydrogens is 490 g/mol. The number of aryl methyl sites for hydroxylation is 1. The maximum absolute atomic E-state index is 13.2. The van der Waals surface area contributed by atoms with Crippen LogP contribution < -0.4 is 8.92 Å². The Kier molecular flexibility index (Phi) is 5.93. The molecule has 0 amide bonds. The molecule has 0 bridgehead atoms. The topological polar surface area (TPSA) is 87.5 Å². The lowest BCUT2D eigenvalue weighted by Gasteiger charge is -2.14. The first-order valence-corrected chi connectivity index (χ1v) is 10.8. The van der Waals surface area contributed by atoms with Crippen LogP contribution in [0.25, 0.3) is 22.0 Å². The van der Waals surface area contributed by atoms with Crippen molar-refractivity contribution in [2.45, 2.75) is 17.9 Å². The van der Waals surface area contributed by atoms with Gasteiger partial charge in [-0.25, -0.2) is 9.19 Å². The van der Waals surface area contributed by atoms with Crippen LogP contribution in [0.5, 0.6) is 11.8 Å². The summed E-state index contributed by atoms with van der Waals surface area (Å²) in [5.74, 6) is -1.12. The molecule has 174 valence electrons. The summed E-state index contributed by atoms with van der Waals surface area (Å²) in [6.07, 6.45) is 1.40. The fraction of sp³-hybridized carbons (Fsp3) is 0.235. The fourth-order valence-corrected chi connectivity index (χ4v) is 4.19. The molecule has 0 aliphatic carbocycles. The van der Waals surface area contributed by atoms with Crippen molar-refractivity contribution in [3.05, 3.63) is 42.1 Å². The molecule has 1 atom stereocenters. The molecule has 2 heterocycles. The van der Waals surface area contributed by atoms with Crippen LogP contribution in [-0.2, 0) is 21.1 Å². The number of benzene rings is 1. The summed E-state index contributed by atoms with van der Waals surface area (Å²) >= 11 is -4.11. The SMILES string of the molecule is COc1cc(C)c(-c2ccc3c(c2)cc(OS(=O)C(F)(F)F)n3S(=O)(=O)C(F)(F)F)cn1. The second-order valence-corrected chi connectivity index (χ2v) is 9.15. The predicted molar refractivity (Wildman–Crippen MR) is 102 cm³/mol. The Bertz CT molecular complexity index is 1320. The molecule has 7 nitrogen and oxygen atoms in total. The smallest absolute Gasteiger partial charge is 0.481 e. The minimum Gasteiger partial charge on any atom is -0.481 e. The largest absolute Gasteiger partial charge is 0.517 e. The third-order valence-corrected chi connectivity index (χ3v) is 6.36. The van der Waals surface area contributed by atoms with Gasteiger partial charge in [-0.05, 0) is 30.2 Å². The van der Waals surface area contributed by atoms with Gasteiger partial charge in [-0.3, -0.25) is 0 Å². The van der Waals surface area contributed by atoms with Crippen molar-refractivity contribution in [1.82, 2.24) is 8.96 Å². The summed E-state index contributed by atoms with van der Waals surface area (Å²) in [6.45, 7) is 1.68. The summed E-state index contributed by atoms with van der Waals surface area (Å²) in [4.78, 5) is 4.01. The van der Waals surface area contributed by atoms with Gasteiger partial charge >= 0.3 is 32.1 Å². The van der Waals surface area contributed by atoms with Gasteiger partial charge in [-0.1, -0.05) is 6.07 Å². The van der Waals surface area contributed by atoms with Crippen molar-refractivity contribution in [3.63, 3.8) is 0 Å². The zero-order valence-electron chi connectivity index (χ0n) is 16.0. The Morgan fingerprint density at radius 3 is 2.25 bits per heavy atom. The maximum atomic E-state index is 13.2. The number of alkyl halides is 6. The van der Waals surface area contributed by atoms with Crippen molar-refractivity contribution >= 4 is 32.0 Å². The molecule has 3 rings (SSSR count). The van der Waals surface area contributed by atoms with E-state index in [-0.39, 0.29) is 5.39 Å². The second-order valence-electron chi connectivity index (χ2n) is 6.28. The summed E-state index contributed by atoms with van der Waals surface area (Å²) in [5, 5.41) is -0.209. The quantitative estimate of drug-likeness (QED) is 0.484. The molecule has 1 aromatic carbocycles. The minimum atomic E-state index is -6.22. The van der Waals surface area contributed by atoms with Crippen molar-refractivity contribution < 1.29 is 47.9 Å². The van der Waals surface area contributed by atoms with Crippen LogP contribution in [0, 0.1) is 6.92 Å². The van der Waals surface area contributed by atoms with Gasteiger partial charge in [0, 0.05) is 29.3 Å². The Labute approximate surface area is 179 Å². The minimum absolute atomic E-state index is 0.209. The number of ether oxygens (including phenoxy) is 1. The van der Waals surface area contributed by atoms with Gasteiger partial charge in [0.05, 0.1) is 12.6 Å². The lowest BCUT2D eigenvalue weighted by molar-refractivity contribution is -0.0449. The normalized spacial score (nSPS) is 13.9. The third kappa shape index (κ3) is 4.26. The number of methoxy groups -OCH3 is 1. The van der Waals surface area contributed by atoms with Crippen LogP contribution in [0.2, 0.25) is 0 Å². The predicted octanol–water partition coefficient (Wildman–Crippen LogP) is 4.28. The Morgan fingerprint density at radius 2 is 1.72 bits per heavy atom. The van der Waals surface area contributed by atoms with E-state index in [1.807, 2.05) is 0 Å². The van der Waals surface area contributed by atoms with Crippen LogP contribution in [0.1, 0.15) is 5.56 Å². The van der Waals surface area contributed by atoms with Gasteiger partial charge < -0.3 is 8.92 Å². The zero-order valence-corrected chi connectivity index (χ0v) is 17.6. The molecule has 1 unspecified atom stereocenters. The fourth-order valence-electron chi connectivity index (χ4n) is 2.81. The summed E-state index contributed by atoms with van der Waals surface area (Å²) < 4.78 is 121. The van der Waals surface area contributed by atoms with Gasteiger partial charge in [-0.15, -0.1) is 0 Å². The number of hydrogen-bond acceptors (Lipinski definition) is 6. The van der Waals surface area contributed by atoms with E-state index < -0.39 is 47.5 Å². The molecule has 2 aromatic heterocycles. The molecule has 0 spiro atoms. The van der Waals surface area contributed by atoms with E-state index in [4.69, 9.17) is 4.74 Å². The van der Waals surface area contributed by atoms with E-state index in [2.05, 4.69) is 9.17 Å². The maximum Gasteiger partial charge on any atom is 0.517 e. The van der Waals surface area contributed by atoms with E-state index in [0.29, 0.717) is 28.6 Å². The zero-order chi connectivity index (χ0) is 24.1. The highest BCUT2D eigenvalue weighted by Gasteiger charge is 2.50. The standard InChI is InChI=1S/C17H12F6N2O5S2/c1-9-5-14(29-2)24-8-12(9)10-3-4-13-11(6-10)7-15(30-31(26)16(18,19)20)25(13)32(27,28)17(21,22)23/h3-8H,1-2H3. The second kappa shape index (κ2) is 7.95. The Hall–Kier alpha value is -2.81. The van der Waals surface area contributed by atoms with Gasteiger partial charge in [0.1, 0.15) is 0 Å². The molecule has 0 radical (unpaired) electrons. The van der Waals surface area contributed by atoms with Crippen LogP contribution in [0.3, 0.4) is 0 Å². The molecule has 0 aliphatic rings. The van der Waals surface area contributed by atoms with Crippen LogP contribution in [-0.4, -0.2) is 39.7 Å². The first-order chi connectivity index (χ1) is 14.7. The van der Waals surface area contributed by atoms with Crippen molar-refractivity contribution in [2.75, 3.05) is 7.11 Å². The molecule has 0 saturated heterocycles.